The quantitative estimate of drug-likeness (QED) is 0.0890. The third kappa shape index (κ3) is 11.4. The summed E-state index contributed by atoms with van der Waals surface area (Å²) < 4.78 is 31.0. The number of nitrogens with two attached hydrogens (primary N) is 1. The molecule has 0 saturated carbocycles. The Morgan fingerprint density at radius 3 is 2.31 bits per heavy atom. The van der Waals surface area contributed by atoms with Crippen LogP contribution < -0.4 is 21.7 Å². The maximum absolute atomic E-state index is 13.9. The second-order valence-corrected chi connectivity index (χ2v) is 14.5. The van der Waals surface area contributed by atoms with Gasteiger partial charge >= 0.3 is 18.1 Å². The number of fused-ring (bicyclic) bond motifs is 2. The molecule has 0 spiro atoms. The van der Waals surface area contributed by atoms with Crippen molar-refractivity contribution >= 4 is 24.1 Å². The third-order valence-electron chi connectivity index (χ3n) is 9.55. The van der Waals surface area contributed by atoms with Crippen LogP contribution in [-0.4, -0.2) is 109 Å². The van der Waals surface area contributed by atoms with Crippen LogP contribution in [0.3, 0.4) is 0 Å². The van der Waals surface area contributed by atoms with Crippen LogP contribution in [0.2, 0.25) is 0 Å². The molecule has 2 aliphatic heterocycles. The normalized spacial score (nSPS) is 37.3. The number of hydrogen-bond acceptors (Lipinski definition) is 11. The standard InChI is InChI=1S/C34H63N5O10/c1-12-17-45-26-21(5)25(47-31(42)38-16-14-15-37-29(35)39-30(41)36-11)22(6)28(40)46-23(13-2)34(10,44)27-20(4)24(48-32(7,8)49-27)19(3)18-33(26,9)43/h19-27,43-44H,12-18H2,1-11H3,(H,38,42)(H4,35,36,37,39,41)/t19-,20+,21+,22-,23-,24+,25+,26-,27-,33-,34-/m1/s1. The summed E-state index contributed by atoms with van der Waals surface area (Å²) in [5.41, 5.74) is 2.61. The summed E-state index contributed by atoms with van der Waals surface area (Å²) in [5, 5.41) is 31.6. The number of carbonyl (C=O) groups is 3. The molecule has 2 aliphatic rings. The average molecular weight is 702 g/mol. The fourth-order valence-corrected chi connectivity index (χ4v) is 7.23. The third-order valence-corrected chi connectivity index (χ3v) is 9.55. The number of aliphatic imine (C=N–C) groups is 1. The number of esters is 1. The molecule has 2 fully saturated rings. The molecule has 284 valence electrons. The number of carbonyl (C=O) groups excluding carboxylic acids is 3. The van der Waals surface area contributed by atoms with Gasteiger partial charge in [0.25, 0.3) is 0 Å². The first-order chi connectivity index (χ1) is 22.7. The number of nitrogens with one attached hydrogen (secondary N) is 3. The van der Waals surface area contributed by atoms with Crippen molar-refractivity contribution in [3.8, 4) is 0 Å². The first-order valence-corrected chi connectivity index (χ1v) is 17.6. The van der Waals surface area contributed by atoms with Gasteiger partial charge in [0.15, 0.2) is 11.7 Å². The zero-order valence-electron chi connectivity index (χ0n) is 31.3. The summed E-state index contributed by atoms with van der Waals surface area (Å²) in [6.07, 6.45) is -3.27. The minimum absolute atomic E-state index is 0.0633. The van der Waals surface area contributed by atoms with Crippen LogP contribution in [0.25, 0.3) is 0 Å². The number of guanidine groups is 1. The fraction of sp³-hybridized carbons (Fsp3) is 0.882. The van der Waals surface area contributed by atoms with Gasteiger partial charge in [0.05, 0.1) is 29.8 Å². The summed E-state index contributed by atoms with van der Waals surface area (Å²) >= 11 is 0. The molecule has 49 heavy (non-hydrogen) atoms. The van der Waals surface area contributed by atoms with E-state index >= 15 is 0 Å². The zero-order chi connectivity index (χ0) is 37.3. The van der Waals surface area contributed by atoms with E-state index in [1.165, 1.54) is 7.05 Å². The Morgan fingerprint density at radius 2 is 1.71 bits per heavy atom. The van der Waals surface area contributed by atoms with Crippen LogP contribution in [0.5, 0.6) is 0 Å². The molecule has 0 aromatic heterocycles. The van der Waals surface area contributed by atoms with E-state index in [1.807, 2.05) is 27.7 Å². The van der Waals surface area contributed by atoms with Crippen LogP contribution >= 0.6 is 0 Å². The van der Waals surface area contributed by atoms with Crippen molar-refractivity contribution in [3.63, 3.8) is 0 Å². The van der Waals surface area contributed by atoms with E-state index in [9.17, 15) is 24.6 Å². The second-order valence-electron chi connectivity index (χ2n) is 14.5. The second kappa shape index (κ2) is 18.0. The molecule has 0 aromatic carbocycles. The molecule has 3 amide bonds. The van der Waals surface area contributed by atoms with Crippen LogP contribution in [0, 0.1) is 23.7 Å². The Kier molecular flexibility index (Phi) is 15.6. The van der Waals surface area contributed by atoms with Crippen molar-refractivity contribution in [1.29, 1.82) is 0 Å². The number of urea groups is 1. The van der Waals surface area contributed by atoms with Crippen molar-refractivity contribution in [2.45, 2.75) is 142 Å². The summed E-state index contributed by atoms with van der Waals surface area (Å²) in [5.74, 6) is -4.04. The molecule has 2 bridgehead atoms. The van der Waals surface area contributed by atoms with E-state index in [2.05, 4.69) is 20.9 Å². The number of amides is 3. The van der Waals surface area contributed by atoms with Crippen molar-refractivity contribution in [1.82, 2.24) is 16.0 Å². The van der Waals surface area contributed by atoms with Gasteiger partial charge in [-0.1, -0.05) is 34.6 Å². The summed E-state index contributed by atoms with van der Waals surface area (Å²) in [6, 6.07) is -0.500. The highest BCUT2D eigenvalue weighted by molar-refractivity contribution is 5.95. The maximum atomic E-state index is 13.9. The van der Waals surface area contributed by atoms with Gasteiger partial charge in [0, 0.05) is 38.6 Å². The van der Waals surface area contributed by atoms with Crippen LogP contribution in [0.15, 0.2) is 4.99 Å². The number of rotatable bonds is 9. The van der Waals surface area contributed by atoms with Crippen molar-refractivity contribution in [2.24, 2.45) is 34.4 Å². The summed E-state index contributed by atoms with van der Waals surface area (Å²) in [7, 11) is 1.45. The molecule has 15 nitrogen and oxygen atoms in total. The van der Waals surface area contributed by atoms with Crippen molar-refractivity contribution in [3.05, 3.63) is 0 Å². The van der Waals surface area contributed by atoms with Gasteiger partial charge < -0.3 is 50.3 Å². The minimum Gasteiger partial charge on any atom is -0.459 e. The molecule has 0 unspecified atom stereocenters. The van der Waals surface area contributed by atoms with Crippen LogP contribution in [0.1, 0.15) is 94.9 Å². The summed E-state index contributed by atoms with van der Waals surface area (Å²) in [4.78, 5) is 42.5. The Balaban J connectivity index is 2.45. The molecule has 0 radical (unpaired) electrons. The summed E-state index contributed by atoms with van der Waals surface area (Å²) in [6.45, 7) is 18.7. The van der Waals surface area contributed by atoms with E-state index in [0.29, 0.717) is 25.9 Å². The number of ether oxygens (including phenoxy) is 5. The van der Waals surface area contributed by atoms with Crippen LogP contribution in [0.4, 0.5) is 9.59 Å². The Morgan fingerprint density at radius 1 is 1.06 bits per heavy atom. The number of aliphatic hydroxyl groups is 2. The average Bonchev–Trinajstić information content (AvgIpc) is 3.01. The van der Waals surface area contributed by atoms with Gasteiger partial charge in [-0.15, -0.1) is 0 Å². The van der Waals surface area contributed by atoms with Gasteiger partial charge in [-0.2, -0.15) is 0 Å². The Labute approximate surface area is 291 Å². The van der Waals surface area contributed by atoms with Crippen molar-refractivity contribution in [2.75, 3.05) is 26.7 Å². The lowest BCUT2D eigenvalue weighted by Gasteiger charge is -2.53. The predicted molar refractivity (Wildman–Crippen MR) is 184 cm³/mol. The monoisotopic (exact) mass is 701 g/mol. The van der Waals surface area contributed by atoms with Gasteiger partial charge in [-0.05, 0) is 66.2 Å². The maximum Gasteiger partial charge on any atom is 0.407 e. The van der Waals surface area contributed by atoms with Crippen LogP contribution in [-0.2, 0) is 28.5 Å². The van der Waals surface area contributed by atoms with Gasteiger partial charge in [-0.25, -0.2) is 9.59 Å². The first kappa shape index (κ1) is 42.4. The number of nitrogens with zero attached hydrogens (tertiary/aromatic N) is 1. The SMILES string of the molecule is CCCO[C@@H]1[C@@H](C)[C@H](OC(=O)NCCCN=C(N)NC(=O)NC)[C@@H](C)C(=O)O[C@H](CC)[C@@](C)(O)[C@@H]2OC(C)(C)O[C@H]([C@@H]2C)[C@H](C)C[C@@]1(C)O. The highest BCUT2D eigenvalue weighted by Gasteiger charge is 2.55. The number of hydrogen-bond donors (Lipinski definition) is 6. The molecule has 11 atom stereocenters. The smallest absolute Gasteiger partial charge is 0.407 e. The van der Waals surface area contributed by atoms with E-state index in [0.717, 1.165) is 0 Å². The van der Waals surface area contributed by atoms with Crippen molar-refractivity contribution < 1.29 is 48.3 Å². The predicted octanol–water partition coefficient (Wildman–Crippen LogP) is 2.80. The first-order valence-electron chi connectivity index (χ1n) is 17.6. The molecule has 2 saturated heterocycles. The Hall–Kier alpha value is -2.72. The highest BCUT2D eigenvalue weighted by Crippen LogP contribution is 2.44. The van der Waals surface area contributed by atoms with Gasteiger partial charge in [0.1, 0.15) is 17.8 Å². The van der Waals surface area contributed by atoms with E-state index in [-0.39, 0.29) is 37.3 Å². The topological polar surface area (TPSA) is 212 Å². The van der Waals surface area contributed by atoms with E-state index in [4.69, 9.17) is 29.4 Å². The lowest BCUT2D eigenvalue weighted by Crippen LogP contribution is -2.64. The molecule has 7 N–H and O–H groups in total. The van der Waals surface area contributed by atoms with E-state index < -0.39 is 77.4 Å². The minimum atomic E-state index is -1.61. The molecule has 0 aliphatic carbocycles. The number of cyclic esters (lactones) is 1. The van der Waals surface area contributed by atoms with Gasteiger partial charge in [-0.3, -0.25) is 15.1 Å². The fourth-order valence-electron chi connectivity index (χ4n) is 7.23. The molecular weight excluding hydrogens is 638 g/mol. The molecule has 0 aromatic rings. The lowest BCUT2D eigenvalue weighted by molar-refractivity contribution is -0.359. The highest BCUT2D eigenvalue weighted by atomic mass is 16.7. The molecule has 2 heterocycles. The Bertz CT molecular complexity index is 1130. The van der Waals surface area contributed by atoms with E-state index in [1.54, 1.807) is 41.5 Å². The molecule has 2 rings (SSSR count). The largest absolute Gasteiger partial charge is 0.459 e. The zero-order valence-corrected chi connectivity index (χ0v) is 31.3. The molecular formula is C34H63N5O10. The number of alkyl carbamates (subject to hydrolysis) is 1. The lowest BCUT2D eigenvalue weighted by atomic mass is 9.72. The van der Waals surface area contributed by atoms with Gasteiger partial charge in [0.2, 0.25) is 0 Å². The molecule has 15 heteroatoms.